The molecule has 0 unspecified atom stereocenters. The molecule has 0 aromatic carbocycles. The lowest BCUT2D eigenvalue weighted by Crippen LogP contribution is -2.21. The van der Waals surface area contributed by atoms with Gasteiger partial charge >= 0.3 is 5.97 Å². The van der Waals surface area contributed by atoms with Crippen molar-refractivity contribution in [3.63, 3.8) is 0 Å². The third kappa shape index (κ3) is 1.46. The number of nitrogens with zero attached hydrogens (tertiary/aromatic N) is 2. The second kappa shape index (κ2) is 3.11. The van der Waals surface area contributed by atoms with E-state index in [1.165, 1.54) is 6.08 Å². The van der Waals surface area contributed by atoms with Crippen molar-refractivity contribution in [1.29, 1.82) is 0 Å². The summed E-state index contributed by atoms with van der Waals surface area (Å²) in [4.78, 5) is 24.2. The molecule has 62 valence electrons. The first-order valence-corrected chi connectivity index (χ1v) is 3.31. The molecule has 1 aliphatic carbocycles. The minimum Gasteiger partial charge on any atom is -0.478 e. The van der Waals surface area contributed by atoms with Crippen LogP contribution in [0, 0.1) is 0 Å². The number of aliphatic carboxylic acids is 1. The van der Waals surface area contributed by atoms with Gasteiger partial charge in [-0.2, -0.15) is 4.79 Å². The van der Waals surface area contributed by atoms with Gasteiger partial charge in [-0.25, -0.2) is 4.79 Å². The van der Waals surface area contributed by atoms with Crippen molar-refractivity contribution in [2.45, 2.75) is 12.8 Å². The SMILES string of the molecule is [N-]=[N+]=C1CC=C(C(=O)O)C(=O)C1. The van der Waals surface area contributed by atoms with Gasteiger partial charge in [0.2, 0.25) is 0 Å². The lowest BCUT2D eigenvalue weighted by molar-refractivity contribution is -0.134. The molecule has 0 amide bonds. The van der Waals surface area contributed by atoms with Crippen molar-refractivity contribution in [3.05, 3.63) is 17.2 Å². The summed E-state index contributed by atoms with van der Waals surface area (Å²) >= 11 is 0. The summed E-state index contributed by atoms with van der Waals surface area (Å²) < 4.78 is 0. The highest BCUT2D eigenvalue weighted by atomic mass is 16.4. The van der Waals surface area contributed by atoms with Gasteiger partial charge < -0.3 is 10.6 Å². The van der Waals surface area contributed by atoms with E-state index in [2.05, 4.69) is 4.79 Å². The van der Waals surface area contributed by atoms with Crippen molar-refractivity contribution < 1.29 is 19.5 Å². The normalized spacial score (nSPS) is 16.8. The molecule has 0 radical (unpaired) electrons. The Hall–Kier alpha value is -1.74. The Morgan fingerprint density at radius 1 is 1.67 bits per heavy atom. The first-order chi connectivity index (χ1) is 5.65. The number of Topliss-reactive ketones (excluding diaryl/α,β-unsaturated/α-hetero) is 1. The van der Waals surface area contributed by atoms with Crippen LogP contribution >= 0.6 is 0 Å². The first kappa shape index (κ1) is 8.36. The maximum absolute atomic E-state index is 11.0. The van der Waals surface area contributed by atoms with Gasteiger partial charge in [0.15, 0.2) is 5.78 Å². The van der Waals surface area contributed by atoms with Crippen molar-refractivity contribution in [2.24, 2.45) is 0 Å². The summed E-state index contributed by atoms with van der Waals surface area (Å²) in [6.45, 7) is 0. The van der Waals surface area contributed by atoms with E-state index in [-0.39, 0.29) is 18.4 Å². The van der Waals surface area contributed by atoms with Gasteiger partial charge in [0, 0.05) is 0 Å². The predicted octanol–water partition coefficient (Wildman–Crippen LogP) is 0.0311. The van der Waals surface area contributed by atoms with Crippen LogP contribution in [0.25, 0.3) is 5.53 Å². The van der Waals surface area contributed by atoms with Crippen molar-refractivity contribution in [3.8, 4) is 0 Å². The Kier molecular flexibility index (Phi) is 2.16. The Balaban J connectivity index is 2.96. The lowest BCUT2D eigenvalue weighted by atomic mass is 9.97. The molecule has 0 bridgehead atoms. The third-order valence-corrected chi connectivity index (χ3v) is 1.58. The number of carbonyl (C=O) groups is 2. The molecule has 0 atom stereocenters. The highest BCUT2D eigenvalue weighted by Crippen LogP contribution is 2.10. The monoisotopic (exact) mass is 166 g/mol. The summed E-state index contributed by atoms with van der Waals surface area (Å²) in [5.41, 5.74) is 8.37. The minimum absolute atomic E-state index is 0.103. The zero-order valence-electron chi connectivity index (χ0n) is 6.15. The molecule has 1 rings (SSSR count). The quantitative estimate of drug-likeness (QED) is 0.338. The largest absolute Gasteiger partial charge is 0.478 e. The van der Waals surface area contributed by atoms with Crippen LogP contribution in [-0.2, 0) is 9.59 Å². The molecule has 5 nitrogen and oxygen atoms in total. The van der Waals surface area contributed by atoms with E-state index < -0.39 is 11.8 Å². The number of carboxylic acid groups (broad SMARTS) is 1. The topological polar surface area (TPSA) is 90.8 Å². The van der Waals surface area contributed by atoms with Crippen LogP contribution in [0.2, 0.25) is 0 Å². The molecule has 1 aliphatic rings. The number of hydrogen-bond acceptors (Lipinski definition) is 2. The summed E-state index contributed by atoms with van der Waals surface area (Å²) in [7, 11) is 0. The van der Waals surface area contributed by atoms with E-state index in [1.54, 1.807) is 0 Å². The summed E-state index contributed by atoms with van der Waals surface area (Å²) in [5.74, 6) is -1.74. The molecule has 0 aliphatic heterocycles. The Morgan fingerprint density at radius 2 is 2.33 bits per heavy atom. The van der Waals surface area contributed by atoms with Crippen LogP contribution < -0.4 is 0 Å². The molecule has 0 aromatic heterocycles. The van der Waals surface area contributed by atoms with E-state index in [9.17, 15) is 9.59 Å². The predicted molar refractivity (Wildman–Crippen MR) is 38.6 cm³/mol. The molecule has 12 heavy (non-hydrogen) atoms. The lowest BCUT2D eigenvalue weighted by Gasteiger charge is -2.03. The summed E-state index contributed by atoms with van der Waals surface area (Å²) in [6, 6.07) is 0. The summed E-state index contributed by atoms with van der Waals surface area (Å²) in [6.07, 6.45) is 1.38. The van der Waals surface area contributed by atoms with E-state index >= 15 is 0 Å². The maximum atomic E-state index is 11.0. The van der Waals surface area contributed by atoms with E-state index in [1.807, 2.05) is 0 Å². The van der Waals surface area contributed by atoms with Crippen molar-refractivity contribution in [2.75, 3.05) is 0 Å². The second-order valence-electron chi connectivity index (χ2n) is 2.39. The van der Waals surface area contributed by atoms with Crippen LogP contribution in [-0.4, -0.2) is 27.4 Å². The number of carboxylic acids is 1. The first-order valence-electron chi connectivity index (χ1n) is 3.31. The Morgan fingerprint density at radius 3 is 2.75 bits per heavy atom. The third-order valence-electron chi connectivity index (χ3n) is 1.58. The van der Waals surface area contributed by atoms with Crippen molar-refractivity contribution in [1.82, 2.24) is 0 Å². The fraction of sp³-hybridized carbons (Fsp3) is 0.286. The molecular weight excluding hydrogens is 160 g/mol. The van der Waals surface area contributed by atoms with Gasteiger partial charge in [0.05, 0.1) is 12.0 Å². The number of ketones is 1. The molecular formula is C7H6N2O3. The van der Waals surface area contributed by atoms with Crippen molar-refractivity contribution >= 4 is 17.5 Å². The maximum Gasteiger partial charge on any atom is 0.339 e. The number of allylic oxidation sites excluding steroid dienone is 1. The van der Waals surface area contributed by atoms with Gasteiger partial charge in [0.1, 0.15) is 6.42 Å². The smallest absolute Gasteiger partial charge is 0.339 e. The Bertz CT molecular complexity index is 324. The van der Waals surface area contributed by atoms with Gasteiger partial charge in [-0.3, -0.25) is 4.79 Å². The van der Waals surface area contributed by atoms with E-state index in [0.29, 0.717) is 5.71 Å². The molecule has 0 saturated carbocycles. The van der Waals surface area contributed by atoms with Crippen LogP contribution in [0.5, 0.6) is 0 Å². The minimum atomic E-state index is -1.23. The van der Waals surface area contributed by atoms with Gasteiger partial charge in [-0.15, -0.1) is 0 Å². The fourth-order valence-corrected chi connectivity index (χ4v) is 0.969. The molecule has 0 aromatic rings. The standard InChI is InChI=1S/C7H6N2O3/c8-9-4-1-2-5(7(11)12)6(10)3-4/h2H,1,3H2,(H,11,12). The fourth-order valence-electron chi connectivity index (χ4n) is 0.969. The van der Waals surface area contributed by atoms with Crippen LogP contribution in [0.4, 0.5) is 0 Å². The molecule has 0 saturated heterocycles. The number of rotatable bonds is 1. The van der Waals surface area contributed by atoms with Gasteiger partial charge in [0.25, 0.3) is 5.71 Å². The molecule has 1 N–H and O–H groups in total. The average molecular weight is 166 g/mol. The molecule has 5 heteroatoms. The average Bonchev–Trinajstić information content (AvgIpc) is 2.03. The number of carbonyl (C=O) groups excluding carboxylic acids is 1. The van der Waals surface area contributed by atoms with E-state index in [4.69, 9.17) is 10.6 Å². The van der Waals surface area contributed by atoms with Gasteiger partial charge in [-0.1, -0.05) is 6.08 Å². The van der Waals surface area contributed by atoms with Gasteiger partial charge in [-0.05, 0) is 0 Å². The molecule has 0 spiro atoms. The van der Waals surface area contributed by atoms with Crippen LogP contribution in [0.15, 0.2) is 11.6 Å². The van der Waals surface area contributed by atoms with Crippen LogP contribution in [0.1, 0.15) is 12.8 Å². The zero-order chi connectivity index (χ0) is 9.14. The van der Waals surface area contributed by atoms with E-state index in [0.717, 1.165) is 0 Å². The molecule has 0 heterocycles. The summed E-state index contributed by atoms with van der Waals surface area (Å²) in [5, 5.41) is 8.48. The second-order valence-corrected chi connectivity index (χ2v) is 2.39. The number of hydrogen-bond donors (Lipinski definition) is 1. The highest BCUT2D eigenvalue weighted by molar-refractivity contribution is 6.23. The molecule has 0 fully saturated rings. The Labute approximate surface area is 67.9 Å². The highest BCUT2D eigenvalue weighted by Gasteiger charge is 2.26. The van der Waals surface area contributed by atoms with Crippen LogP contribution in [0.3, 0.4) is 0 Å². The zero-order valence-corrected chi connectivity index (χ0v) is 6.15.